The van der Waals surface area contributed by atoms with E-state index in [1.807, 2.05) is 12.1 Å². The SMILES string of the molecule is COC(=O)N1CCCC1CNc1ccc2ncc(Br)n2n1. The van der Waals surface area contributed by atoms with E-state index in [0.717, 1.165) is 35.5 Å². The summed E-state index contributed by atoms with van der Waals surface area (Å²) in [6.45, 7) is 1.40. The summed E-state index contributed by atoms with van der Waals surface area (Å²) in [7, 11) is 1.41. The lowest BCUT2D eigenvalue weighted by atomic mass is 10.2. The molecule has 1 saturated heterocycles. The van der Waals surface area contributed by atoms with Gasteiger partial charge in [0.2, 0.25) is 0 Å². The molecule has 112 valence electrons. The summed E-state index contributed by atoms with van der Waals surface area (Å²) >= 11 is 3.40. The van der Waals surface area contributed by atoms with Crippen molar-refractivity contribution < 1.29 is 9.53 Å². The summed E-state index contributed by atoms with van der Waals surface area (Å²) in [5.74, 6) is 0.748. The van der Waals surface area contributed by atoms with Gasteiger partial charge in [-0.15, -0.1) is 5.10 Å². The van der Waals surface area contributed by atoms with Gasteiger partial charge in [-0.05, 0) is 40.9 Å². The zero-order chi connectivity index (χ0) is 14.8. The largest absolute Gasteiger partial charge is 0.453 e. The molecular weight excluding hydrogens is 338 g/mol. The van der Waals surface area contributed by atoms with E-state index in [1.165, 1.54) is 7.11 Å². The molecule has 0 aliphatic carbocycles. The van der Waals surface area contributed by atoms with Crippen LogP contribution in [0.5, 0.6) is 0 Å². The molecule has 1 aliphatic heterocycles. The molecule has 0 bridgehead atoms. The van der Waals surface area contributed by atoms with E-state index in [4.69, 9.17) is 4.74 Å². The van der Waals surface area contributed by atoms with Crippen molar-refractivity contribution in [2.24, 2.45) is 0 Å². The predicted molar refractivity (Wildman–Crippen MR) is 81.3 cm³/mol. The molecule has 1 amide bonds. The maximum Gasteiger partial charge on any atom is 0.409 e. The van der Waals surface area contributed by atoms with E-state index >= 15 is 0 Å². The van der Waals surface area contributed by atoms with Crippen LogP contribution in [0.1, 0.15) is 12.8 Å². The highest BCUT2D eigenvalue weighted by molar-refractivity contribution is 9.10. The molecule has 0 aromatic carbocycles. The van der Waals surface area contributed by atoms with Crippen LogP contribution in [0, 0.1) is 0 Å². The maximum absolute atomic E-state index is 11.7. The van der Waals surface area contributed by atoms with Crippen molar-refractivity contribution >= 4 is 33.5 Å². The average Bonchev–Trinajstić information content (AvgIpc) is 3.11. The molecule has 0 spiro atoms. The Hall–Kier alpha value is -1.83. The molecule has 21 heavy (non-hydrogen) atoms. The van der Waals surface area contributed by atoms with Crippen molar-refractivity contribution in [2.45, 2.75) is 18.9 Å². The second-order valence-corrected chi connectivity index (χ2v) is 5.72. The van der Waals surface area contributed by atoms with Gasteiger partial charge >= 0.3 is 6.09 Å². The van der Waals surface area contributed by atoms with Crippen molar-refractivity contribution in [3.63, 3.8) is 0 Å². The van der Waals surface area contributed by atoms with Gasteiger partial charge in [0.05, 0.1) is 19.3 Å². The number of aromatic nitrogens is 3. The van der Waals surface area contributed by atoms with Crippen molar-refractivity contribution in [3.8, 4) is 0 Å². The average molecular weight is 354 g/mol. The molecule has 2 aromatic rings. The van der Waals surface area contributed by atoms with Crippen LogP contribution in [0.2, 0.25) is 0 Å². The van der Waals surface area contributed by atoms with Gasteiger partial charge < -0.3 is 15.0 Å². The first kappa shape index (κ1) is 14.1. The Morgan fingerprint density at radius 2 is 2.43 bits per heavy atom. The number of nitrogens with one attached hydrogen (secondary N) is 1. The first-order valence-electron chi connectivity index (χ1n) is 6.78. The molecule has 7 nitrogen and oxygen atoms in total. The number of imidazole rings is 1. The number of halogens is 1. The van der Waals surface area contributed by atoms with Gasteiger partial charge in [-0.25, -0.2) is 14.3 Å². The Bertz CT molecular complexity index is 659. The van der Waals surface area contributed by atoms with Crippen LogP contribution in [-0.4, -0.2) is 51.8 Å². The van der Waals surface area contributed by atoms with Crippen LogP contribution >= 0.6 is 15.9 Å². The second kappa shape index (κ2) is 5.88. The zero-order valence-corrected chi connectivity index (χ0v) is 13.2. The molecule has 0 radical (unpaired) electrons. The number of methoxy groups -OCH3 is 1. The number of anilines is 1. The summed E-state index contributed by atoms with van der Waals surface area (Å²) < 4.78 is 7.33. The number of fused-ring (bicyclic) bond motifs is 1. The summed E-state index contributed by atoms with van der Waals surface area (Å²) in [4.78, 5) is 17.6. The van der Waals surface area contributed by atoms with E-state index in [2.05, 4.69) is 31.3 Å². The van der Waals surface area contributed by atoms with Crippen molar-refractivity contribution in [3.05, 3.63) is 22.9 Å². The highest BCUT2D eigenvalue weighted by Gasteiger charge is 2.29. The normalized spacial score (nSPS) is 18.2. The maximum atomic E-state index is 11.7. The molecule has 0 saturated carbocycles. The van der Waals surface area contributed by atoms with Gasteiger partial charge in [0.25, 0.3) is 0 Å². The fraction of sp³-hybridized carbons (Fsp3) is 0.462. The number of hydrogen-bond acceptors (Lipinski definition) is 5. The Balaban J connectivity index is 1.68. The lowest BCUT2D eigenvalue weighted by Crippen LogP contribution is -2.39. The quantitative estimate of drug-likeness (QED) is 0.914. The second-order valence-electron chi connectivity index (χ2n) is 4.91. The first-order chi connectivity index (χ1) is 10.2. The van der Waals surface area contributed by atoms with E-state index in [-0.39, 0.29) is 12.1 Å². The van der Waals surface area contributed by atoms with E-state index < -0.39 is 0 Å². The number of carbonyl (C=O) groups is 1. The number of carbonyl (C=O) groups excluding carboxylic acids is 1. The third-order valence-electron chi connectivity index (χ3n) is 3.63. The molecule has 1 N–H and O–H groups in total. The fourth-order valence-electron chi connectivity index (χ4n) is 2.57. The van der Waals surface area contributed by atoms with Gasteiger partial charge in [0.15, 0.2) is 5.65 Å². The summed E-state index contributed by atoms with van der Waals surface area (Å²) in [5, 5.41) is 7.72. The Labute approximate surface area is 130 Å². The minimum atomic E-state index is -0.264. The van der Waals surface area contributed by atoms with Crippen molar-refractivity contribution in [1.82, 2.24) is 19.5 Å². The van der Waals surface area contributed by atoms with Crippen LogP contribution in [0.4, 0.5) is 10.6 Å². The predicted octanol–water partition coefficient (Wildman–Crippen LogP) is 2.13. The topological polar surface area (TPSA) is 71.8 Å². The molecule has 1 unspecified atom stereocenters. The van der Waals surface area contributed by atoms with Gasteiger partial charge in [-0.2, -0.15) is 0 Å². The van der Waals surface area contributed by atoms with Gasteiger partial charge in [0, 0.05) is 13.1 Å². The zero-order valence-electron chi connectivity index (χ0n) is 11.6. The molecule has 1 aliphatic rings. The number of likely N-dealkylation sites (tertiary alicyclic amines) is 1. The monoisotopic (exact) mass is 353 g/mol. The Morgan fingerprint density at radius 3 is 3.24 bits per heavy atom. The summed E-state index contributed by atoms with van der Waals surface area (Å²) in [6.07, 6.45) is 3.42. The number of hydrogen-bond donors (Lipinski definition) is 1. The molecule has 3 heterocycles. The van der Waals surface area contributed by atoms with Crippen LogP contribution in [0.15, 0.2) is 22.9 Å². The summed E-state index contributed by atoms with van der Waals surface area (Å²) in [6, 6.07) is 3.92. The van der Waals surface area contributed by atoms with Crippen LogP contribution < -0.4 is 5.32 Å². The minimum Gasteiger partial charge on any atom is -0.453 e. The third kappa shape index (κ3) is 2.80. The Morgan fingerprint density at radius 1 is 1.57 bits per heavy atom. The lowest BCUT2D eigenvalue weighted by molar-refractivity contribution is 0.120. The fourth-order valence-corrected chi connectivity index (χ4v) is 2.93. The van der Waals surface area contributed by atoms with E-state index in [0.29, 0.717) is 6.54 Å². The Kier molecular flexibility index (Phi) is 3.96. The highest BCUT2D eigenvalue weighted by atomic mass is 79.9. The summed E-state index contributed by atoms with van der Waals surface area (Å²) in [5.41, 5.74) is 0.782. The van der Waals surface area contributed by atoms with Gasteiger partial charge in [-0.3, -0.25) is 0 Å². The van der Waals surface area contributed by atoms with Crippen LogP contribution in [-0.2, 0) is 4.74 Å². The lowest BCUT2D eigenvalue weighted by Gasteiger charge is -2.23. The number of ether oxygens (including phenoxy) is 1. The molecule has 3 rings (SSSR count). The third-order valence-corrected chi connectivity index (χ3v) is 4.17. The van der Waals surface area contributed by atoms with Crippen LogP contribution in [0.25, 0.3) is 5.65 Å². The smallest absolute Gasteiger partial charge is 0.409 e. The number of nitrogens with zero attached hydrogens (tertiary/aromatic N) is 4. The number of amides is 1. The van der Waals surface area contributed by atoms with Gasteiger partial charge in [0.1, 0.15) is 10.4 Å². The standard InChI is InChI=1S/C13H16BrN5O2/c1-21-13(20)18-6-2-3-9(18)7-15-11-4-5-12-16-8-10(14)19(12)17-11/h4-5,8-9H,2-3,6-7H2,1H3,(H,15,17). The highest BCUT2D eigenvalue weighted by Crippen LogP contribution is 2.19. The minimum absolute atomic E-state index is 0.140. The first-order valence-corrected chi connectivity index (χ1v) is 7.57. The van der Waals surface area contributed by atoms with Crippen LogP contribution in [0.3, 0.4) is 0 Å². The molecule has 1 atom stereocenters. The molecule has 8 heteroatoms. The van der Waals surface area contributed by atoms with Gasteiger partial charge in [-0.1, -0.05) is 0 Å². The van der Waals surface area contributed by atoms with Crippen molar-refractivity contribution in [2.75, 3.05) is 25.5 Å². The van der Waals surface area contributed by atoms with E-state index in [1.54, 1.807) is 15.6 Å². The van der Waals surface area contributed by atoms with E-state index in [9.17, 15) is 4.79 Å². The molecular formula is C13H16BrN5O2. The number of rotatable bonds is 3. The molecule has 2 aromatic heterocycles. The van der Waals surface area contributed by atoms with Crippen molar-refractivity contribution in [1.29, 1.82) is 0 Å². The molecule has 1 fully saturated rings.